The van der Waals surface area contributed by atoms with Gasteiger partial charge in [0, 0.05) is 21.6 Å². The van der Waals surface area contributed by atoms with Crippen LogP contribution in [0, 0.1) is 0 Å². The van der Waals surface area contributed by atoms with Crippen LogP contribution in [0.15, 0.2) is 53.9 Å². The summed E-state index contributed by atoms with van der Waals surface area (Å²) in [7, 11) is 1.62. The number of methoxy groups -OCH3 is 1. The van der Waals surface area contributed by atoms with E-state index in [0.29, 0.717) is 30.8 Å². The molecule has 34 heavy (non-hydrogen) atoms. The second-order valence-corrected chi connectivity index (χ2v) is 10.3. The number of thiophene rings is 1. The van der Waals surface area contributed by atoms with Crippen LogP contribution in [0.3, 0.4) is 0 Å². The molecule has 1 fully saturated rings. The van der Waals surface area contributed by atoms with E-state index in [-0.39, 0.29) is 11.9 Å². The van der Waals surface area contributed by atoms with E-state index in [1.807, 2.05) is 75.5 Å². The highest BCUT2D eigenvalue weighted by Crippen LogP contribution is 2.58. The first-order chi connectivity index (χ1) is 16.2. The number of hydrogen-bond acceptors (Lipinski definition) is 6. The van der Waals surface area contributed by atoms with Crippen molar-refractivity contribution in [1.82, 2.24) is 0 Å². The highest BCUT2D eigenvalue weighted by Gasteiger charge is 2.56. The molecule has 0 unspecified atom stereocenters. The molecule has 0 amide bonds. The van der Waals surface area contributed by atoms with Crippen LogP contribution >= 0.6 is 11.3 Å². The van der Waals surface area contributed by atoms with Gasteiger partial charge in [-0.25, -0.2) is 4.79 Å². The van der Waals surface area contributed by atoms with Gasteiger partial charge in [0.2, 0.25) is 0 Å². The zero-order valence-corrected chi connectivity index (χ0v) is 21.1. The fourth-order valence-corrected chi connectivity index (χ4v) is 5.18. The van der Waals surface area contributed by atoms with Gasteiger partial charge < -0.3 is 14.2 Å². The molecule has 0 bridgehead atoms. The summed E-state index contributed by atoms with van der Waals surface area (Å²) in [6.07, 6.45) is 1.33. The van der Waals surface area contributed by atoms with E-state index in [4.69, 9.17) is 14.2 Å². The molecule has 0 radical (unpaired) electrons. The maximum absolute atomic E-state index is 13.2. The lowest BCUT2D eigenvalue weighted by Crippen LogP contribution is -2.25. The highest BCUT2D eigenvalue weighted by atomic mass is 32.1. The molecule has 0 saturated heterocycles. The van der Waals surface area contributed by atoms with Crippen LogP contribution in [0.4, 0.5) is 0 Å². The summed E-state index contributed by atoms with van der Waals surface area (Å²) in [5.74, 6) is -0.00490. The van der Waals surface area contributed by atoms with E-state index in [2.05, 4.69) is 0 Å². The lowest BCUT2D eigenvalue weighted by atomic mass is 9.85. The van der Waals surface area contributed by atoms with Gasteiger partial charge in [-0.3, -0.25) is 4.79 Å². The van der Waals surface area contributed by atoms with E-state index in [1.54, 1.807) is 13.2 Å². The van der Waals surface area contributed by atoms with Crippen molar-refractivity contribution >= 4 is 23.3 Å². The number of carbonyl (C=O) groups excluding carboxylic acids is 2. The zero-order chi connectivity index (χ0) is 24.5. The average molecular weight is 479 g/mol. The van der Waals surface area contributed by atoms with Crippen LogP contribution in [0.5, 0.6) is 5.75 Å². The standard InChI is InChI=1S/C28H30O5S/c1-6-32-26(30)28(15-16-28)22-20(24-21(14-17-34-24)25(29)33-27(2,3)4)13-12-19(23(22)31-5)18-10-8-7-9-11-18/h7-14,17H,6,15-16H2,1-5H3. The summed E-state index contributed by atoms with van der Waals surface area (Å²) in [6.45, 7) is 7.66. The first-order valence-corrected chi connectivity index (χ1v) is 12.3. The summed E-state index contributed by atoms with van der Waals surface area (Å²) in [5, 5.41) is 1.87. The van der Waals surface area contributed by atoms with Crippen LogP contribution < -0.4 is 4.74 Å². The minimum Gasteiger partial charge on any atom is -0.496 e. The second-order valence-electron chi connectivity index (χ2n) is 9.40. The predicted octanol–water partition coefficient (Wildman–Crippen LogP) is 6.64. The third-order valence-corrected chi connectivity index (χ3v) is 6.82. The molecule has 1 aliphatic rings. The monoisotopic (exact) mass is 478 g/mol. The van der Waals surface area contributed by atoms with Crippen molar-refractivity contribution in [2.45, 2.75) is 51.6 Å². The Morgan fingerprint density at radius 3 is 2.26 bits per heavy atom. The molecule has 4 rings (SSSR count). The van der Waals surface area contributed by atoms with Gasteiger partial charge in [0.25, 0.3) is 0 Å². The van der Waals surface area contributed by atoms with Crippen molar-refractivity contribution in [1.29, 1.82) is 0 Å². The van der Waals surface area contributed by atoms with Crippen LogP contribution in [0.1, 0.15) is 56.5 Å². The first kappa shape index (κ1) is 24.0. The van der Waals surface area contributed by atoms with Gasteiger partial charge in [0.05, 0.1) is 24.7 Å². The lowest BCUT2D eigenvalue weighted by Gasteiger charge is -2.24. The molecule has 0 aliphatic heterocycles. The van der Waals surface area contributed by atoms with Crippen LogP contribution in [0.25, 0.3) is 21.6 Å². The number of benzene rings is 2. The van der Waals surface area contributed by atoms with Crippen molar-refractivity contribution in [3.05, 3.63) is 65.0 Å². The van der Waals surface area contributed by atoms with Crippen molar-refractivity contribution in [2.24, 2.45) is 0 Å². The third kappa shape index (κ3) is 4.47. The second kappa shape index (κ2) is 9.26. The molecule has 1 aliphatic carbocycles. The van der Waals surface area contributed by atoms with Gasteiger partial charge in [-0.15, -0.1) is 11.3 Å². The molecule has 1 saturated carbocycles. The van der Waals surface area contributed by atoms with Crippen LogP contribution in [-0.4, -0.2) is 31.3 Å². The molecular formula is C28H30O5S. The van der Waals surface area contributed by atoms with E-state index in [9.17, 15) is 9.59 Å². The fourth-order valence-electron chi connectivity index (χ4n) is 4.27. The number of rotatable bonds is 7. The van der Waals surface area contributed by atoms with Crippen molar-refractivity contribution in [2.75, 3.05) is 13.7 Å². The minimum atomic E-state index is -0.795. The van der Waals surface area contributed by atoms with Crippen molar-refractivity contribution in [3.8, 4) is 27.3 Å². The largest absolute Gasteiger partial charge is 0.496 e. The van der Waals surface area contributed by atoms with Gasteiger partial charge in [-0.2, -0.15) is 0 Å². The number of carbonyl (C=O) groups is 2. The predicted molar refractivity (Wildman–Crippen MR) is 134 cm³/mol. The molecule has 2 aromatic carbocycles. The summed E-state index contributed by atoms with van der Waals surface area (Å²) in [4.78, 5) is 27.0. The topological polar surface area (TPSA) is 61.8 Å². The Balaban J connectivity index is 1.95. The normalized spacial score (nSPS) is 14.4. The molecule has 0 spiro atoms. The van der Waals surface area contributed by atoms with Gasteiger partial charge in [0.1, 0.15) is 11.4 Å². The molecule has 178 valence electrons. The summed E-state index contributed by atoms with van der Waals surface area (Å²) in [6, 6.07) is 15.7. The Bertz CT molecular complexity index is 1200. The summed E-state index contributed by atoms with van der Waals surface area (Å²) in [5.41, 5.74) is 2.54. The van der Waals surface area contributed by atoms with Crippen LogP contribution in [-0.2, 0) is 19.7 Å². The zero-order valence-electron chi connectivity index (χ0n) is 20.3. The quantitative estimate of drug-likeness (QED) is 0.356. The minimum absolute atomic E-state index is 0.255. The van der Waals surface area contributed by atoms with Gasteiger partial charge in [-0.1, -0.05) is 36.4 Å². The van der Waals surface area contributed by atoms with E-state index in [1.165, 1.54) is 11.3 Å². The van der Waals surface area contributed by atoms with E-state index in [0.717, 1.165) is 27.1 Å². The Kier molecular flexibility index (Phi) is 6.54. The maximum atomic E-state index is 13.2. The third-order valence-electron chi connectivity index (χ3n) is 5.87. The summed E-state index contributed by atoms with van der Waals surface area (Å²) < 4.78 is 17.2. The number of ether oxygens (including phenoxy) is 3. The Labute approximate surface area is 204 Å². The smallest absolute Gasteiger partial charge is 0.340 e. The van der Waals surface area contributed by atoms with Gasteiger partial charge in [-0.05, 0) is 63.6 Å². The molecule has 0 atom stereocenters. The molecule has 1 heterocycles. The lowest BCUT2D eigenvalue weighted by molar-refractivity contribution is -0.146. The number of hydrogen-bond donors (Lipinski definition) is 0. The van der Waals surface area contributed by atoms with Crippen molar-refractivity contribution < 1.29 is 23.8 Å². The fraction of sp³-hybridized carbons (Fsp3) is 0.357. The molecule has 3 aromatic rings. The van der Waals surface area contributed by atoms with Crippen LogP contribution in [0.2, 0.25) is 0 Å². The van der Waals surface area contributed by atoms with Crippen molar-refractivity contribution in [3.63, 3.8) is 0 Å². The Morgan fingerprint density at radius 2 is 1.68 bits per heavy atom. The van der Waals surface area contributed by atoms with E-state index >= 15 is 0 Å². The number of esters is 2. The summed E-state index contributed by atoms with van der Waals surface area (Å²) >= 11 is 1.45. The first-order valence-electron chi connectivity index (χ1n) is 11.5. The Morgan fingerprint density at radius 1 is 1.00 bits per heavy atom. The van der Waals surface area contributed by atoms with E-state index < -0.39 is 11.0 Å². The molecule has 6 heteroatoms. The highest BCUT2D eigenvalue weighted by molar-refractivity contribution is 7.14. The maximum Gasteiger partial charge on any atom is 0.340 e. The Hall–Kier alpha value is -3.12. The average Bonchev–Trinajstić information content (AvgIpc) is 3.46. The molecular weight excluding hydrogens is 448 g/mol. The molecule has 5 nitrogen and oxygen atoms in total. The molecule has 1 aromatic heterocycles. The van der Waals surface area contributed by atoms with Gasteiger partial charge in [0.15, 0.2) is 0 Å². The SMILES string of the molecule is CCOC(=O)C1(c2c(-c3sccc3C(=O)OC(C)(C)C)ccc(-c3ccccc3)c2OC)CC1. The molecule has 0 N–H and O–H groups in total. The van der Waals surface area contributed by atoms with Gasteiger partial charge >= 0.3 is 11.9 Å².